The summed E-state index contributed by atoms with van der Waals surface area (Å²) in [4.78, 5) is 23.3. The average molecular weight is 397 g/mol. The maximum absolute atomic E-state index is 14.1. The fraction of sp³-hybridized carbons (Fsp3) is 0.250. The van der Waals surface area contributed by atoms with Crippen LogP contribution in [0.15, 0.2) is 45.9 Å². The third-order valence-corrected chi connectivity index (χ3v) is 5.73. The molecule has 1 aliphatic rings. The van der Waals surface area contributed by atoms with Crippen molar-refractivity contribution in [3.05, 3.63) is 53.7 Å². The maximum Gasteiger partial charge on any atom is 0.305 e. The first-order chi connectivity index (χ1) is 12.9. The maximum atomic E-state index is 14.1. The van der Waals surface area contributed by atoms with Crippen molar-refractivity contribution in [2.75, 3.05) is 26.3 Å². The Labute approximate surface area is 154 Å². The smallest absolute Gasteiger partial charge is 0.305 e. The van der Waals surface area contributed by atoms with Gasteiger partial charge in [0.25, 0.3) is 5.91 Å². The summed E-state index contributed by atoms with van der Waals surface area (Å²) < 4.78 is 50.4. The van der Waals surface area contributed by atoms with Crippen molar-refractivity contribution < 1.29 is 31.6 Å². The van der Waals surface area contributed by atoms with E-state index in [0.29, 0.717) is 0 Å². The molecule has 1 aliphatic heterocycles. The zero-order valence-corrected chi connectivity index (χ0v) is 14.8. The highest BCUT2D eigenvalue weighted by molar-refractivity contribution is 7.89. The zero-order chi connectivity index (χ0) is 19.4. The van der Waals surface area contributed by atoms with Gasteiger partial charge in [-0.25, -0.2) is 12.8 Å². The predicted octanol–water partition coefficient (Wildman–Crippen LogP) is 0.514. The van der Waals surface area contributed by atoms with Crippen LogP contribution in [0, 0.1) is 5.82 Å². The molecular weight excluding hydrogens is 381 g/mol. The molecule has 9 nitrogen and oxygen atoms in total. The van der Waals surface area contributed by atoms with Gasteiger partial charge in [-0.2, -0.15) is 4.31 Å². The SMILES string of the molecule is O=C(NNC(=O)c1ccco1)c1ccc(F)c(S(=O)(=O)N2CCOCC2)c1. The largest absolute Gasteiger partial charge is 0.459 e. The lowest BCUT2D eigenvalue weighted by atomic mass is 10.2. The van der Waals surface area contributed by atoms with Crippen LogP contribution in [0.5, 0.6) is 0 Å². The Morgan fingerprint density at radius 2 is 1.78 bits per heavy atom. The number of hydrogen-bond acceptors (Lipinski definition) is 6. The van der Waals surface area contributed by atoms with Crippen molar-refractivity contribution in [3.8, 4) is 0 Å². The molecule has 0 radical (unpaired) electrons. The molecule has 3 rings (SSSR count). The molecule has 27 heavy (non-hydrogen) atoms. The molecule has 1 fully saturated rings. The van der Waals surface area contributed by atoms with E-state index in [1.807, 2.05) is 0 Å². The van der Waals surface area contributed by atoms with E-state index in [1.54, 1.807) is 0 Å². The van der Waals surface area contributed by atoms with Crippen LogP contribution in [-0.2, 0) is 14.8 Å². The fourth-order valence-corrected chi connectivity index (χ4v) is 3.92. The second-order valence-corrected chi connectivity index (χ2v) is 7.45. The Kier molecular flexibility index (Phi) is 5.54. The summed E-state index contributed by atoms with van der Waals surface area (Å²) in [5, 5.41) is 0. The predicted molar refractivity (Wildman–Crippen MR) is 89.6 cm³/mol. The number of hydrogen-bond donors (Lipinski definition) is 2. The number of carbonyl (C=O) groups excluding carboxylic acids is 2. The molecule has 0 bridgehead atoms. The highest BCUT2D eigenvalue weighted by Crippen LogP contribution is 2.21. The van der Waals surface area contributed by atoms with Crippen LogP contribution in [0.2, 0.25) is 0 Å². The van der Waals surface area contributed by atoms with E-state index >= 15 is 0 Å². The molecule has 0 spiro atoms. The van der Waals surface area contributed by atoms with Crippen molar-refractivity contribution in [2.24, 2.45) is 0 Å². The molecule has 1 aromatic heterocycles. The molecule has 2 N–H and O–H groups in total. The molecule has 0 aliphatic carbocycles. The normalized spacial score (nSPS) is 15.3. The van der Waals surface area contributed by atoms with Gasteiger partial charge in [0.2, 0.25) is 10.0 Å². The first-order valence-electron chi connectivity index (χ1n) is 7.91. The molecule has 0 unspecified atom stereocenters. The Balaban J connectivity index is 1.76. The van der Waals surface area contributed by atoms with Crippen molar-refractivity contribution >= 4 is 21.8 Å². The first-order valence-corrected chi connectivity index (χ1v) is 9.35. The van der Waals surface area contributed by atoms with Crippen LogP contribution in [-0.4, -0.2) is 50.8 Å². The molecule has 2 aromatic rings. The van der Waals surface area contributed by atoms with Crippen LogP contribution < -0.4 is 10.9 Å². The van der Waals surface area contributed by atoms with Gasteiger partial charge in [0.1, 0.15) is 10.7 Å². The van der Waals surface area contributed by atoms with Crippen LogP contribution in [0.3, 0.4) is 0 Å². The number of furan rings is 1. The van der Waals surface area contributed by atoms with E-state index in [2.05, 4.69) is 10.9 Å². The highest BCUT2D eigenvalue weighted by atomic mass is 32.2. The summed E-state index contributed by atoms with van der Waals surface area (Å²) in [6.45, 7) is 0.606. The number of ether oxygens (including phenoxy) is 1. The fourth-order valence-electron chi connectivity index (χ4n) is 2.42. The molecule has 1 aromatic carbocycles. The minimum atomic E-state index is -4.12. The molecule has 11 heteroatoms. The van der Waals surface area contributed by atoms with Gasteiger partial charge in [-0.15, -0.1) is 0 Å². The number of nitrogens with one attached hydrogen (secondary N) is 2. The summed E-state index contributed by atoms with van der Waals surface area (Å²) in [6, 6.07) is 5.82. The third kappa shape index (κ3) is 4.15. The topological polar surface area (TPSA) is 118 Å². The Morgan fingerprint density at radius 1 is 1.07 bits per heavy atom. The minimum Gasteiger partial charge on any atom is -0.459 e. The van der Waals surface area contributed by atoms with Crippen LogP contribution in [0.25, 0.3) is 0 Å². The van der Waals surface area contributed by atoms with E-state index in [0.717, 1.165) is 22.5 Å². The van der Waals surface area contributed by atoms with E-state index in [-0.39, 0.29) is 37.6 Å². The summed E-state index contributed by atoms with van der Waals surface area (Å²) in [7, 11) is -4.12. The van der Waals surface area contributed by atoms with Crippen molar-refractivity contribution in [1.29, 1.82) is 0 Å². The number of carbonyl (C=O) groups is 2. The quantitative estimate of drug-likeness (QED) is 0.726. The lowest BCUT2D eigenvalue weighted by Gasteiger charge is -2.26. The minimum absolute atomic E-state index is 0.0232. The monoisotopic (exact) mass is 397 g/mol. The van der Waals surface area contributed by atoms with Crippen molar-refractivity contribution in [2.45, 2.75) is 4.90 Å². The third-order valence-electron chi connectivity index (χ3n) is 3.82. The number of halogens is 1. The summed E-state index contributed by atoms with van der Waals surface area (Å²) in [6.07, 6.45) is 1.29. The van der Waals surface area contributed by atoms with Gasteiger partial charge < -0.3 is 9.15 Å². The number of rotatable bonds is 4. The van der Waals surface area contributed by atoms with Gasteiger partial charge in [-0.05, 0) is 30.3 Å². The number of amides is 2. The lowest BCUT2D eigenvalue weighted by molar-refractivity contribution is 0.0729. The van der Waals surface area contributed by atoms with Crippen molar-refractivity contribution in [3.63, 3.8) is 0 Å². The Bertz CT molecular complexity index is 939. The van der Waals surface area contributed by atoms with Crippen LogP contribution in [0.1, 0.15) is 20.9 Å². The molecular formula is C16H16FN3O6S. The lowest BCUT2D eigenvalue weighted by Crippen LogP contribution is -2.42. The molecule has 0 saturated carbocycles. The standard InChI is InChI=1S/C16H16FN3O6S/c17-12-4-3-11(15(21)18-19-16(22)13-2-1-7-26-13)10-14(12)27(23,24)20-5-8-25-9-6-20/h1-4,7,10H,5-6,8-9H2,(H,18,21)(H,19,22). The van der Waals surface area contributed by atoms with Crippen LogP contribution in [0.4, 0.5) is 4.39 Å². The van der Waals surface area contributed by atoms with Crippen molar-refractivity contribution in [1.82, 2.24) is 15.2 Å². The average Bonchev–Trinajstić information content (AvgIpc) is 3.21. The number of nitrogens with zero attached hydrogens (tertiary/aromatic N) is 1. The van der Waals surface area contributed by atoms with Gasteiger partial charge in [0.05, 0.1) is 19.5 Å². The summed E-state index contributed by atoms with van der Waals surface area (Å²) in [5.41, 5.74) is 4.10. The molecule has 1 saturated heterocycles. The van der Waals surface area contributed by atoms with Crippen LogP contribution >= 0.6 is 0 Å². The van der Waals surface area contributed by atoms with Gasteiger partial charge in [0.15, 0.2) is 5.76 Å². The zero-order valence-electron chi connectivity index (χ0n) is 14.0. The van der Waals surface area contributed by atoms with E-state index in [1.165, 1.54) is 18.4 Å². The molecule has 144 valence electrons. The number of morpholine rings is 1. The summed E-state index contributed by atoms with van der Waals surface area (Å²) in [5.74, 6) is -2.51. The number of hydrazine groups is 1. The second-order valence-electron chi connectivity index (χ2n) is 5.55. The number of sulfonamides is 1. The number of benzene rings is 1. The van der Waals surface area contributed by atoms with Gasteiger partial charge in [-0.1, -0.05) is 0 Å². The highest BCUT2D eigenvalue weighted by Gasteiger charge is 2.29. The van der Waals surface area contributed by atoms with Gasteiger partial charge in [-0.3, -0.25) is 20.4 Å². The molecule has 2 heterocycles. The Hall–Kier alpha value is -2.76. The Morgan fingerprint density at radius 3 is 2.44 bits per heavy atom. The van der Waals surface area contributed by atoms with E-state index in [9.17, 15) is 22.4 Å². The van der Waals surface area contributed by atoms with Gasteiger partial charge in [0, 0.05) is 18.7 Å². The first kappa shape index (κ1) is 19.0. The second kappa shape index (κ2) is 7.86. The summed E-state index contributed by atoms with van der Waals surface area (Å²) >= 11 is 0. The molecule has 0 atom stereocenters. The van der Waals surface area contributed by atoms with E-state index < -0.39 is 32.6 Å². The van der Waals surface area contributed by atoms with Gasteiger partial charge >= 0.3 is 5.91 Å². The molecule has 2 amide bonds. The van der Waals surface area contributed by atoms with E-state index in [4.69, 9.17) is 9.15 Å².